The van der Waals surface area contributed by atoms with Gasteiger partial charge in [-0.25, -0.2) is 9.59 Å². The largest absolute Gasteiger partial charge is 0.480 e. The first-order valence-electron chi connectivity index (χ1n) is 9.62. The van der Waals surface area contributed by atoms with E-state index in [-0.39, 0.29) is 11.9 Å². The van der Waals surface area contributed by atoms with Crippen molar-refractivity contribution in [3.8, 4) is 0 Å². The van der Waals surface area contributed by atoms with E-state index in [4.69, 9.17) is 0 Å². The van der Waals surface area contributed by atoms with Crippen LogP contribution in [-0.4, -0.2) is 64.5 Å². The fraction of sp³-hybridized carbons (Fsp3) is 0.550. The lowest BCUT2D eigenvalue weighted by atomic mass is 9.82. The summed E-state index contributed by atoms with van der Waals surface area (Å²) in [5, 5.41) is 12.4. The standard InChI is InChI=1S/C20H27N3O4/c24-17(15-16-7-3-1-4-8-16)22-11-13-23(14-12-22)19(27)21-20(18(25)26)9-5-2-6-10-20/h1,3-4,7-8H,2,5-6,9-15H2,(H,21,27)(H,25,26). The van der Waals surface area contributed by atoms with Crippen LogP contribution >= 0.6 is 0 Å². The fourth-order valence-corrected chi connectivity index (χ4v) is 3.87. The molecule has 2 fully saturated rings. The van der Waals surface area contributed by atoms with Crippen molar-refractivity contribution in [2.75, 3.05) is 26.2 Å². The van der Waals surface area contributed by atoms with Gasteiger partial charge >= 0.3 is 12.0 Å². The molecule has 1 heterocycles. The summed E-state index contributed by atoms with van der Waals surface area (Å²) in [5.74, 6) is -0.900. The van der Waals surface area contributed by atoms with Gasteiger partial charge in [0, 0.05) is 26.2 Å². The molecule has 1 aromatic carbocycles. The van der Waals surface area contributed by atoms with E-state index in [1.54, 1.807) is 9.80 Å². The minimum Gasteiger partial charge on any atom is -0.480 e. The summed E-state index contributed by atoms with van der Waals surface area (Å²) in [6, 6.07) is 9.26. The molecule has 0 atom stereocenters. The second-order valence-corrected chi connectivity index (χ2v) is 7.41. The Hall–Kier alpha value is -2.57. The summed E-state index contributed by atoms with van der Waals surface area (Å²) >= 11 is 0. The fourth-order valence-electron chi connectivity index (χ4n) is 3.87. The van der Waals surface area contributed by atoms with E-state index in [1.165, 1.54) is 0 Å². The Morgan fingerprint density at radius 2 is 1.52 bits per heavy atom. The van der Waals surface area contributed by atoms with E-state index in [0.717, 1.165) is 24.8 Å². The van der Waals surface area contributed by atoms with Gasteiger partial charge in [-0.3, -0.25) is 4.79 Å². The SMILES string of the molecule is O=C(Cc1ccccc1)N1CCN(C(=O)NC2(C(=O)O)CCCCC2)CC1. The molecular weight excluding hydrogens is 346 g/mol. The van der Waals surface area contributed by atoms with Crippen molar-refractivity contribution in [3.63, 3.8) is 0 Å². The number of amides is 3. The summed E-state index contributed by atoms with van der Waals surface area (Å²) in [5.41, 5.74) is -0.168. The highest BCUT2D eigenvalue weighted by molar-refractivity contribution is 5.86. The monoisotopic (exact) mass is 373 g/mol. The quantitative estimate of drug-likeness (QED) is 0.843. The van der Waals surface area contributed by atoms with E-state index in [0.29, 0.717) is 45.4 Å². The molecule has 0 aromatic heterocycles. The second-order valence-electron chi connectivity index (χ2n) is 7.41. The Bertz CT molecular complexity index is 678. The number of hydrogen-bond donors (Lipinski definition) is 2. The molecule has 2 N–H and O–H groups in total. The zero-order chi connectivity index (χ0) is 19.3. The number of benzene rings is 1. The lowest BCUT2D eigenvalue weighted by Gasteiger charge is -2.39. The Morgan fingerprint density at radius 1 is 0.926 bits per heavy atom. The summed E-state index contributed by atoms with van der Waals surface area (Å²) in [4.78, 5) is 40.1. The van der Waals surface area contributed by atoms with Crippen molar-refractivity contribution in [3.05, 3.63) is 35.9 Å². The maximum atomic E-state index is 12.6. The highest BCUT2D eigenvalue weighted by Crippen LogP contribution is 2.28. The maximum absolute atomic E-state index is 12.6. The average Bonchev–Trinajstić information content (AvgIpc) is 2.69. The smallest absolute Gasteiger partial charge is 0.329 e. The summed E-state index contributed by atoms with van der Waals surface area (Å²) in [6.45, 7) is 1.78. The normalized spacial score (nSPS) is 19.4. The number of hydrogen-bond acceptors (Lipinski definition) is 3. The van der Waals surface area contributed by atoms with Crippen molar-refractivity contribution in [2.24, 2.45) is 0 Å². The lowest BCUT2D eigenvalue weighted by molar-refractivity contribution is -0.146. The molecule has 0 spiro atoms. The minimum atomic E-state index is -1.14. The molecule has 27 heavy (non-hydrogen) atoms. The van der Waals surface area contributed by atoms with Gasteiger partial charge in [0.1, 0.15) is 5.54 Å². The third kappa shape index (κ3) is 4.59. The van der Waals surface area contributed by atoms with Crippen LogP contribution in [0.4, 0.5) is 4.79 Å². The van der Waals surface area contributed by atoms with Gasteiger partial charge in [-0.15, -0.1) is 0 Å². The number of nitrogens with zero attached hydrogens (tertiary/aromatic N) is 2. The van der Waals surface area contributed by atoms with Gasteiger partial charge in [-0.1, -0.05) is 49.6 Å². The number of carboxylic acid groups (broad SMARTS) is 1. The molecule has 1 saturated carbocycles. The summed E-state index contributed by atoms with van der Waals surface area (Å²) in [6.07, 6.45) is 3.94. The summed E-state index contributed by atoms with van der Waals surface area (Å²) in [7, 11) is 0. The number of aliphatic carboxylic acids is 1. The van der Waals surface area contributed by atoms with Crippen LogP contribution in [0.2, 0.25) is 0 Å². The first kappa shape index (κ1) is 19.2. The minimum absolute atomic E-state index is 0.0514. The van der Waals surface area contributed by atoms with Gasteiger partial charge in [-0.05, 0) is 18.4 Å². The number of carbonyl (C=O) groups excluding carboxylic acids is 2. The molecule has 3 amide bonds. The topological polar surface area (TPSA) is 90.0 Å². The Kier molecular flexibility index (Phi) is 5.98. The van der Waals surface area contributed by atoms with Crippen molar-refractivity contribution >= 4 is 17.9 Å². The second kappa shape index (κ2) is 8.41. The Morgan fingerprint density at radius 3 is 2.11 bits per heavy atom. The highest BCUT2D eigenvalue weighted by atomic mass is 16.4. The van der Waals surface area contributed by atoms with Gasteiger partial charge in [0.2, 0.25) is 5.91 Å². The van der Waals surface area contributed by atoms with Gasteiger partial charge in [0.15, 0.2) is 0 Å². The van der Waals surface area contributed by atoms with Crippen LogP contribution < -0.4 is 5.32 Å². The lowest BCUT2D eigenvalue weighted by Crippen LogP contribution is -2.61. The molecular formula is C20H27N3O4. The van der Waals surface area contributed by atoms with E-state index < -0.39 is 11.5 Å². The number of carbonyl (C=O) groups is 3. The molecule has 146 valence electrons. The predicted molar refractivity (Wildman–Crippen MR) is 100 cm³/mol. The van der Waals surface area contributed by atoms with Crippen molar-refractivity contribution in [1.29, 1.82) is 0 Å². The van der Waals surface area contributed by atoms with Crippen molar-refractivity contribution < 1.29 is 19.5 Å². The van der Waals surface area contributed by atoms with Crippen LogP contribution in [0.3, 0.4) is 0 Å². The first-order valence-corrected chi connectivity index (χ1v) is 9.62. The molecule has 1 aliphatic heterocycles. The molecule has 0 bridgehead atoms. The number of piperazine rings is 1. The zero-order valence-corrected chi connectivity index (χ0v) is 15.5. The average molecular weight is 373 g/mol. The molecule has 1 aliphatic carbocycles. The number of rotatable bonds is 4. The van der Waals surface area contributed by atoms with Gasteiger partial charge in [0.25, 0.3) is 0 Å². The van der Waals surface area contributed by atoms with E-state index >= 15 is 0 Å². The predicted octanol–water partition coefficient (Wildman–Crippen LogP) is 1.87. The number of carboxylic acids is 1. The molecule has 1 saturated heterocycles. The number of urea groups is 1. The van der Waals surface area contributed by atoms with Crippen LogP contribution in [0.5, 0.6) is 0 Å². The molecule has 7 nitrogen and oxygen atoms in total. The van der Waals surface area contributed by atoms with Crippen LogP contribution in [0, 0.1) is 0 Å². The van der Waals surface area contributed by atoms with Crippen molar-refractivity contribution in [2.45, 2.75) is 44.1 Å². The molecule has 3 rings (SSSR count). The van der Waals surface area contributed by atoms with E-state index in [1.807, 2.05) is 30.3 Å². The van der Waals surface area contributed by atoms with E-state index in [9.17, 15) is 19.5 Å². The maximum Gasteiger partial charge on any atom is 0.329 e. The molecule has 0 radical (unpaired) electrons. The zero-order valence-electron chi connectivity index (χ0n) is 15.5. The van der Waals surface area contributed by atoms with Gasteiger partial charge < -0.3 is 20.2 Å². The number of nitrogens with one attached hydrogen (secondary N) is 1. The molecule has 2 aliphatic rings. The van der Waals surface area contributed by atoms with Crippen LogP contribution in [0.15, 0.2) is 30.3 Å². The van der Waals surface area contributed by atoms with Crippen molar-refractivity contribution in [1.82, 2.24) is 15.1 Å². The van der Waals surface area contributed by atoms with Crippen LogP contribution in [-0.2, 0) is 16.0 Å². The van der Waals surface area contributed by atoms with Crippen LogP contribution in [0.1, 0.15) is 37.7 Å². The van der Waals surface area contributed by atoms with Gasteiger partial charge in [-0.2, -0.15) is 0 Å². The first-order chi connectivity index (χ1) is 13.0. The van der Waals surface area contributed by atoms with Crippen LogP contribution in [0.25, 0.3) is 0 Å². The van der Waals surface area contributed by atoms with Gasteiger partial charge in [0.05, 0.1) is 6.42 Å². The summed E-state index contributed by atoms with van der Waals surface area (Å²) < 4.78 is 0. The van der Waals surface area contributed by atoms with E-state index in [2.05, 4.69) is 5.32 Å². The Labute approximate surface area is 159 Å². The molecule has 1 aromatic rings. The third-order valence-corrected chi connectivity index (χ3v) is 5.58. The molecule has 0 unspecified atom stereocenters. The third-order valence-electron chi connectivity index (χ3n) is 5.58. The molecule has 7 heteroatoms. The Balaban J connectivity index is 1.51. The highest BCUT2D eigenvalue weighted by Gasteiger charge is 2.42.